The molecule has 0 radical (unpaired) electrons. The van der Waals surface area contributed by atoms with Crippen molar-refractivity contribution in [3.63, 3.8) is 0 Å². The summed E-state index contributed by atoms with van der Waals surface area (Å²) in [7, 11) is 1.59. The van der Waals surface area contributed by atoms with Crippen LogP contribution in [0.25, 0.3) is 6.08 Å². The first kappa shape index (κ1) is 17.5. The zero-order valence-corrected chi connectivity index (χ0v) is 14.1. The molecule has 5 nitrogen and oxygen atoms in total. The Morgan fingerprint density at radius 1 is 1.17 bits per heavy atom. The molecule has 124 valence electrons. The highest BCUT2D eigenvalue weighted by molar-refractivity contribution is 7.80. The molecule has 2 aromatic carbocycles. The fourth-order valence-corrected chi connectivity index (χ4v) is 1.99. The summed E-state index contributed by atoms with van der Waals surface area (Å²) in [5, 5.41) is 4.02. The lowest BCUT2D eigenvalue weighted by atomic mass is 10.2. The maximum absolute atomic E-state index is 5.73. The average Bonchev–Trinajstić information content (AvgIpc) is 2.60. The van der Waals surface area contributed by atoms with E-state index in [1.54, 1.807) is 13.3 Å². The maximum Gasteiger partial charge on any atom is 0.184 e. The average molecular weight is 341 g/mol. The molecule has 2 aromatic rings. The fraction of sp³-hybridized carbons (Fsp3) is 0.111. The lowest BCUT2D eigenvalue weighted by Crippen LogP contribution is -2.23. The van der Waals surface area contributed by atoms with Crippen LogP contribution in [0.1, 0.15) is 11.1 Å². The zero-order valence-electron chi connectivity index (χ0n) is 13.3. The van der Waals surface area contributed by atoms with Crippen LogP contribution in [0.5, 0.6) is 11.5 Å². The topological polar surface area (TPSA) is 68.9 Å². The van der Waals surface area contributed by atoms with Gasteiger partial charge in [0, 0.05) is 0 Å². The van der Waals surface area contributed by atoms with Gasteiger partial charge in [0.15, 0.2) is 16.6 Å². The molecule has 0 amide bonds. The molecule has 24 heavy (non-hydrogen) atoms. The molecule has 0 bridgehead atoms. The van der Waals surface area contributed by atoms with Crippen molar-refractivity contribution in [1.82, 2.24) is 5.43 Å². The Labute approximate surface area is 146 Å². The van der Waals surface area contributed by atoms with Gasteiger partial charge in [-0.3, -0.25) is 5.43 Å². The summed E-state index contributed by atoms with van der Waals surface area (Å²) in [6, 6.07) is 15.6. The van der Waals surface area contributed by atoms with Gasteiger partial charge in [-0.1, -0.05) is 36.4 Å². The van der Waals surface area contributed by atoms with Crippen molar-refractivity contribution in [2.24, 2.45) is 10.8 Å². The number of hydrogen-bond acceptors (Lipinski definition) is 4. The predicted octanol–water partition coefficient (Wildman–Crippen LogP) is 2.95. The minimum atomic E-state index is 0.114. The maximum atomic E-state index is 5.73. The van der Waals surface area contributed by atoms with Crippen LogP contribution in [0, 0.1) is 0 Å². The molecule has 0 fully saturated rings. The highest BCUT2D eigenvalue weighted by Gasteiger charge is 2.04. The van der Waals surface area contributed by atoms with Crippen molar-refractivity contribution in [1.29, 1.82) is 0 Å². The monoisotopic (exact) mass is 341 g/mol. The van der Waals surface area contributed by atoms with Crippen molar-refractivity contribution in [2.75, 3.05) is 13.7 Å². The van der Waals surface area contributed by atoms with Crippen LogP contribution in [-0.2, 0) is 0 Å². The van der Waals surface area contributed by atoms with Crippen molar-refractivity contribution in [2.45, 2.75) is 0 Å². The van der Waals surface area contributed by atoms with Crippen molar-refractivity contribution in [3.05, 3.63) is 65.7 Å². The molecule has 3 N–H and O–H groups in total. The van der Waals surface area contributed by atoms with Gasteiger partial charge in [0.1, 0.15) is 6.61 Å². The number of ether oxygens (including phenoxy) is 2. The second kappa shape index (κ2) is 9.32. The number of rotatable bonds is 7. The van der Waals surface area contributed by atoms with Crippen LogP contribution >= 0.6 is 12.2 Å². The molecule has 0 saturated carbocycles. The molecule has 0 unspecified atom stereocenters. The summed E-state index contributed by atoms with van der Waals surface area (Å²) in [6.07, 6.45) is 5.56. The molecule has 0 aliphatic heterocycles. The van der Waals surface area contributed by atoms with Crippen molar-refractivity contribution >= 4 is 29.6 Å². The van der Waals surface area contributed by atoms with Gasteiger partial charge in [0.2, 0.25) is 0 Å². The Bertz CT molecular complexity index is 730. The predicted molar refractivity (Wildman–Crippen MR) is 101 cm³/mol. The van der Waals surface area contributed by atoms with Gasteiger partial charge >= 0.3 is 0 Å². The fourth-order valence-electron chi connectivity index (χ4n) is 1.94. The molecule has 0 aliphatic rings. The number of thiocarbonyl (C=S) groups is 1. The number of nitrogens with two attached hydrogens (primary N) is 1. The van der Waals surface area contributed by atoms with E-state index >= 15 is 0 Å². The molecule has 6 heteroatoms. The molecule has 0 spiro atoms. The van der Waals surface area contributed by atoms with E-state index in [4.69, 9.17) is 15.2 Å². The Morgan fingerprint density at radius 3 is 2.67 bits per heavy atom. The van der Waals surface area contributed by atoms with E-state index in [1.807, 2.05) is 60.7 Å². The number of nitrogens with one attached hydrogen (secondary N) is 1. The smallest absolute Gasteiger partial charge is 0.184 e. The first-order chi connectivity index (χ1) is 11.7. The van der Waals surface area contributed by atoms with E-state index < -0.39 is 0 Å². The van der Waals surface area contributed by atoms with E-state index in [2.05, 4.69) is 22.7 Å². The van der Waals surface area contributed by atoms with E-state index in [0.717, 1.165) is 11.1 Å². The summed E-state index contributed by atoms with van der Waals surface area (Å²) in [6.45, 7) is 0.446. The van der Waals surface area contributed by atoms with Crippen LogP contribution in [-0.4, -0.2) is 25.0 Å². The highest BCUT2D eigenvalue weighted by Crippen LogP contribution is 2.27. The van der Waals surface area contributed by atoms with Gasteiger partial charge < -0.3 is 15.2 Å². The van der Waals surface area contributed by atoms with Crippen LogP contribution in [0.4, 0.5) is 0 Å². The van der Waals surface area contributed by atoms with Gasteiger partial charge in [-0.05, 0) is 47.6 Å². The highest BCUT2D eigenvalue weighted by atomic mass is 32.1. The molecule has 0 atom stereocenters. The first-order valence-corrected chi connectivity index (χ1v) is 7.71. The minimum Gasteiger partial charge on any atom is -0.493 e. The van der Waals surface area contributed by atoms with Gasteiger partial charge in [0.05, 0.1) is 13.3 Å². The molecule has 2 rings (SSSR count). The second-order valence-corrected chi connectivity index (χ2v) is 5.21. The Balaban J connectivity index is 1.96. The van der Waals surface area contributed by atoms with E-state index in [1.165, 1.54) is 0 Å². The third-order valence-electron chi connectivity index (χ3n) is 3.02. The molecular formula is C18H19N3O2S. The van der Waals surface area contributed by atoms with E-state index in [9.17, 15) is 0 Å². The zero-order chi connectivity index (χ0) is 17.2. The van der Waals surface area contributed by atoms with Crippen molar-refractivity contribution < 1.29 is 9.47 Å². The van der Waals surface area contributed by atoms with Crippen LogP contribution in [0.2, 0.25) is 0 Å². The van der Waals surface area contributed by atoms with Crippen LogP contribution in [0.3, 0.4) is 0 Å². The SMILES string of the molecule is COc1cc(C=NNC(N)=S)ccc1OCC=Cc1ccccc1. The summed E-state index contributed by atoms with van der Waals surface area (Å²) in [5.41, 5.74) is 9.77. The Kier molecular flexibility index (Phi) is 6.79. The first-order valence-electron chi connectivity index (χ1n) is 7.30. The third kappa shape index (κ3) is 5.73. The molecule has 0 heterocycles. The Morgan fingerprint density at radius 2 is 1.96 bits per heavy atom. The number of benzene rings is 2. The van der Waals surface area contributed by atoms with Crippen molar-refractivity contribution in [3.8, 4) is 11.5 Å². The number of hydrogen-bond donors (Lipinski definition) is 2. The minimum absolute atomic E-state index is 0.114. The van der Waals surface area contributed by atoms with E-state index in [0.29, 0.717) is 18.1 Å². The lowest BCUT2D eigenvalue weighted by Gasteiger charge is -2.09. The number of hydrazone groups is 1. The largest absolute Gasteiger partial charge is 0.493 e. The lowest BCUT2D eigenvalue weighted by molar-refractivity contribution is 0.326. The summed E-state index contributed by atoms with van der Waals surface area (Å²) >= 11 is 4.68. The molecular weight excluding hydrogens is 322 g/mol. The molecule has 0 aliphatic carbocycles. The van der Waals surface area contributed by atoms with Gasteiger partial charge in [-0.15, -0.1) is 0 Å². The number of methoxy groups -OCH3 is 1. The third-order valence-corrected chi connectivity index (χ3v) is 3.11. The summed E-state index contributed by atoms with van der Waals surface area (Å²) in [4.78, 5) is 0. The van der Waals surface area contributed by atoms with Gasteiger partial charge in [0.25, 0.3) is 0 Å². The quantitative estimate of drug-likeness (QED) is 0.460. The summed E-state index contributed by atoms with van der Waals surface area (Å²) in [5.74, 6) is 1.29. The number of nitrogens with zero attached hydrogens (tertiary/aromatic N) is 1. The van der Waals surface area contributed by atoms with Crippen LogP contribution < -0.4 is 20.6 Å². The molecule has 0 aromatic heterocycles. The Hall–Kier alpha value is -2.86. The molecule has 0 saturated heterocycles. The second-order valence-electron chi connectivity index (χ2n) is 4.77. The van der Waals surface area contributed by atoms with Gasteiger partial charge in [-0.2, -0.15) is 5.10 Å². The standard InChI is InChI=1S/C18H19N3O2S/c1-22-17-12-15(13-20-21-18(19)24)9-10-16(17)23-11-5-8-14-6-3-2-4-7-14/h2-10,12-13H,11H2,1H3,(H3,19,21,24). The van der Waals surface area contributed by atoms with E-state index in [-0.39, 0.29) is 5.11 Å². The summed E-state index contributed by atoms with van der Waals surface area (Å²) < 4.78 is 11.1. The normalized spacial score (nSPS) is 10.9. The van der Waals surface area contributed by atoms with Gasteiger partial charge in [-0.25, -0.2) is 0 Å². The van der Waals surface area contributed by atoms with Crippen LogP contribution in [0.15, 0.2) is 59.7 Å².